The fraction of sp³-hybridized carbons (Fsp3) is 0.0435. The van der Waals surface area contributed by atoms with Crippen molar-refractivity contribution in [3.05, 3.63) is 96.3 Å². The van der Waals surface area contributed by atoms with Gasteiger partial charge in [0.15, 0.2) is 0 Å². The number of nitrogens with one attached hydrogen (secondary N) is 2. The Hall–Kier alpha value is -3.66. The standard InChI is InChI=1S/C23H17N3O/c27-23-20-17-12-6-2-5-11-16(17)19(15-9-3-1-4-10-15)21(20)25-22(26-23)18-13-7-8-14-24-18/h1-14,22,25H,(H,26,27). The van der Waals surface area contributed by atoms with Crippen molar-refractivity contribution < 1.29 is 4.79 Å². The highest BCUT2D eigenvalue weighted by atomic mass is 16.2. The lowest BCUT2D eigenvalue weighted by atomic mass is 10.0. The van der Waals surface area contributed by atoms with E-state index < -0.39 is 0 Å². The van der Waals surface area contributed by atoms with Gasteiger partial charge in [0.2, 0.25) is 0 Å². The van der Waals surface area contributed by atoms with Gasteiger partial charge >= 0.3 is 0 Å². The molecule has 0 saturated carbocycles. The van der Waals surface area contributed by atoms with Crippen LogP contribution in [0.5, 0.6) is 0 Å². The van der Waals surface area contributed by atoms with E-state index in [4.69, 9.17) is 0 Å². The van der Waals surface area contributed by atoms with Crippen LogP contribution in [0, 0.1) is 0 Å². The van der Waals surface area contributed by atoms with Gasteiger partial charge in [-0.3, -0.25) is 9.78 Å². The molecule has 0 fully saturated rings. The molecular formula is C23H17N3O. The largest absolute Gasteiger partial charge is 0.359 e. The number of rotatable bonds is 2. The monoisotopic (exact) mass is 351 g/mol. The van der Waals surface area contributed by atoms with Gasteiger partial charge in [0.1, 0.15) is 6.17 Å². The summed E-state index contributed by atoms with van der Waals surface area (Å²) in [5.41, 5.74) is 6.46. The molecule has 0 saturated heterocycles. The summed E-state index contributed by atoms with van der Waals surface area (Å²) >= 11 is 0. The van der Waals surface area contributed by atoms with Gasteiger partial charge in [-0.1, -0.05) is 66.7 Å². The fourth-order valence-electron chi connectivity index (χ4n) is 3.74. The van der Waals surface area contributed by atoms with Gasteiger partial charge < -0.3 is 10.6 Å². The second-order valence-corrected chi connectivity index (χ2v) is 6.53. The highest BCUT2D eigenvalue weighted by molar-refractivity contribution is 6.16. The Morgan fingerprint density at radius 2 is 1.37 bits per heavy atom. The molecule has 1 amide bonds. The van der Waals surface area contributed by atoms with E-state index >= 15 is 0 Å². The first-order valence-corrected chi connectivity index (χ1v) is 8.91. The van der Waals surface area contributed by atoms with Crippen LogP contribution in [-0.2, 0) is 0 Å². The van der Waals surface area contributed by atoms with Gasteiger partial charge in [-0.05, 0) is 28.8 Å². The zero-order chi connectivity index (χ0) is 18.2. The summed E-state index contributed by atoms with van der Waals surface area (Å²) in [7, 11) is 0. The molecule has 2 heterocycles. The maximum atomic E-state index is 13.1. The second-order valence-electron chi connectivity index (χ2n) is 6.53. The molecule has 1 aromatic heterocycles. The lowest BCUT2D eigenvalue weighted by molar-refractivity contribution is 0.0936. The summed E-state index contributed by atoms with van der Waals surface area (Å²) in [5, 5.41) is 6.56. The molecule has 2 N–H and O–H groups in total. The molecule has 2 aromatic rings. The molecule has 0 radical (unpaired) electrons. The minimum absolute atomic E-state index is 0.0854. The van der Waals surface area contributed by atoms with Crippen molar-refractivity contribution in [1.82, 2.24) is 10.3 Å². The average Bonchev–Trinajstić information content (AvgIpc) is 2.85. The first-order valence-electron chi connectivity index (χ1n) is 8.91. The van der Waals surface area contributed by atoms with E-state index in [0.717, 1.165) is 33.6 Å². The van der Waals surface area contributed by atoms with Crippen LogP contribution in [0.25, 0.3) is 22.3 Å². The third-order valence-corrected chi connectivity index (χ3v) is 4.91. The summed E-state index contributed by atoms with van der Waals surface area (Å²) < 4.78 is 0. The van der Waals surface area contributed by atoms with Gasteiger partial charge in [-0.25, -0.2) is 0 Å². The molecule has 130 valence electrons. The third kappa shape index (κ3) is 2.54. The van der Waals surface area contributed by atoms with Crippen molar-refractivity contribution in [2.75, 3.05) is 5.32 Å². The molecule has 1 atom stereocenters. The van der Waals surface area contributed by atoms with Gasteiger partial charge in [-0.2, -0.15) is 0 Å². The minimum atomic E-state index is -0.362. The quantitative estimate of drug-likeness (QED) is 0.550. The first kappa shape index (κ1) is 15.6. The second kappa shape index (κ2) is 6.25. The molecule has 27 heavy (non-hydrogen) atoms. The van der Waals surface area contributed by atoms with E-state index in [0.29, 0.717) is 5.56 Å². The Labute approximate surface area is 157 Å². The molecule has 5 rings (SSSR count). The molecule has 1 unspecified atom stereocenters. The molecule has 4 nitrogen and oxygen atoms in total. The van der Waals surface area contributed by atoms with Crippen LogP contribution >= 0.6 is 0 Å². The van der Waals surface area contributed by atoms with E-state index in [1.165, 1.54) is 0 Å². The van der Waals surface area contributed by atoms with Crippen molar-refractivity contribution in [2.24, 2.45) is 0 Å². The van der Waals surface area contributed by atoms with Gasteiger partial charge in [-0.15, -0.1) is 0 Å². The summed E-state index contributed by atoms with van der Waals surface area (Å²) in [6.45, 7) is 0. The van der Waals surface area contributed by atoms with E-state index in [2.05, 4.69) is 33.8 Å². The summed E-state index contributed by atoms with van der Waals surface area (Å²) in [5.74, 6) is -0.0854. The van der Waals surface area contributed by atoms with Gasteiger partial charge in [0.05, 0.1) is 16.9 Å². The molecule has 0 bridgehead atoms. The number of anilines is 1. The number of fused-ring (bicyclic) bond motifs is 3. The maximum absolute atomic E-state index is 13.1. The first-order chi connectivity index (χ1) is 13.3. The topological polar surface area (TPSA) is 54.0 Å². The Balaban J connectivity index is 1.76. The van der Waals surface area contributed by atoms with E-state index in [1.54, 1.807) is 6.20 Å². The smallest absolute Gasteiger partial charge is 0.255 e. The van der Waals surface area contributed by atoms with Crippen LogP contribution in [0.1, 0.15) is 22.2 Å². The third-order valence-electron chi connectivity index (χ3n) is 4.91. The van der Waals surface area contributed by atoms with Crippen LogP contribution in [0.4, 0.5) is 5.69 Å². The molecular weight excluding hydrogens is 334 g/mol. The maximum Gasteiger partial charge on any atom is 0.255 e. The summed E-state index contributed by atoms with van der Waals surface area (Å²) in [6, 6.07) is 25.9. The van der Waals surface area contributed by atoms with Crippen molar-refractivity contribution in [2.45, 2.75) is 6.17 Å². The minimum Gasteiger partial charge on any atom is -0.359 e. The molecule has 3 aliphatic rings. The lowest BCUT2D eigenvalue weighted by Gasteiger charge is -2.27. The zero-order valence-corrected chi connectivity index (χ0v) is 14.5. The number of pyridine rings is 1. The number of benzene rings is 1. The van der Waals surface area contributed by atoms with Gasteiger partial charge in [0, 0.05) is 11.8 Å². The summed E-state index contributed by atoms with van der Waals surface area (Å²) in [6.07, 6.45) is 1.37. The van der Waals surface area contributed by atoms with E-state index in [-0.39, 0.29) is 12.1 Å². The lowest BCUT2D eigenvalue weighted by Crippen LogP contribution is -2.38. The normalized spacial score (nSPS) is 15.7. The number of carbonyl (C=O) groups excluding carboxylic acids is 1. The van der Waals surface area contributed by atoms with Crippen molar-refractivity contribution in [1.29, 1.82) is 0 Å². The Bertz CT molecular complexity index is 1090. The van der Waals surface area contributed by atoms with E-state index in [9.17, 15) is 4.79 Å². The van der Waals surface area contributed by atoms with Crippen molar-refractivity contribution >= 4 is 11.6 Å². The molecule has 0 spiro atoms. The fourth-order valence-corrected chi connectivity index (χ4v) is 3.74. The highest BCUT2D eigenvalue weighted by Crippen LogP contribution is 2.48. The number of amides is 1. The SMILES string of the molecule is O=C1NC(c2ccccn2)Nc2c1c1cccccc-1c2-c1ccccc1. The number of nitrogens with zero attached hydrogens (tertiary/aromatic N) is 1. The Kier molecular flexibility index (Phi) is 3.61. The van der Waals surface area contributed by atoms with E-state index in [1.807, 2.05) is 60.7 Å². The Morgan fingerprint density at radius 3 is 2.07 bits per heavy atom. The zero-order valence-electron chi connectivity index (χ0n) is 14.5. The molecule has 1 aromatic carbocycles. The predicted molar refractivity (Wildman–Crippen MR) is 107 cm³/mol. The average molecular weight is 351 g/mol. The van der Waals surface area contributed by atoms with Crippen molar-refractivity contribution in [3.63, 3.8) is 0 Å². The molecule has 2 aliphatic carbocycles. The predicted octanol–water partition coefficient (Wildman–Crippen LogP) is 4.71. The van der Waals surface area contributed by atoms with Crippen LogP contribution in [0.3, 0.4) is 0 Å². The number of carbonyl (C=O) groups is 1. The van der Waals surface area contributed by atoms with Crippen molar-refractivity contribution in [3.8, 4) is 22.3 Å². The Morgan fingerprint density at radius 1 is 0.704 bits per heavy atom. The molecule has 4 heteroatoms. The van der Waals surface area contributed by atoms with Gasteiger partial charge in [0.25, 0.3) is 5.91 Å². The highest BCUT2D eigenvalue weighted by Gasteiger charge is 2.34. The van der Waals surface area contributed by atoms with Crippen LogP contribution in [0.2, 0.25) is 0 Å². The van der Waals surface area contributed by atoms with Crippen LogP contribution < -0.4 is 10.6 Å². The van der Waals surface area contributed by atoms with Crippen LogP contribution in [0.15, 0.2) is 85.1 Å². The van der Waals surface area contributed by atoms with Crippen LogP contribution in [-0.4, -0.2) is 10.9 Å². The summed E-state index contributed by atoms with van der Waals surface area (Å²) in [4.78, 5) is 17.4. The number of aromatic nitrogens is 1. The number of hydrogen-bond donors (Lipinski definition) is 2. The molecule has 1 aliphatic heterocycles. The number of hydrogen-bond acceptors (Lipinski definition) is 3.